The molecule has 0 saturated heterocycles. The van der Waals surface area contributed by atoms with Crippen LogP contribution in [-0.4, -0.2) is 36.1 Å². The second kappa shape index (κ2) is 5.48. The second-order valence-electron chi connectivity index (χ2n) is 5.74. The summed E-state index contributed by atoms with van der Waals surface area (Å²) in [5.74, 6) is 0.243. The van der Waals surface area contributed by atoms with E-state index in [2.05, 4.69) is 15.3 Å². The van der Waals surface area contributed by atoms with Crippen molar-refractivity contribution in [2.24, 2.45) is 7.05 Å². The number of hydrogen-bond acceptors (Lipinski definition) is 5. The van der Waals surface area contributed by atoms with Crippen LogP contribution >= 0.6 is 11.6 Å². The highest BCUT2D eigenvalue weighted by Gasteiger charge is 2.23. The van der Waals surface area contributed by atoms with Crippen LogP contribution in [-0.2, 0) is 18.3 Å². The highest BCUT2D eigenvalue weighted by molar-refractivity contribution is 6.29. The molecule has 0 aromatic carbocycles. The molecule has 0 aliphatic heterocycles. The third-order valence-electron chi connectivity index (χ3n) is 2.89. The zero-order valence-electron chi connectivity index (χ0n) is 12.7. The van der Waals surface area contributed by atoms with Crippen molar-refractivity contribution in [1.29, 1.82) is 0 Å². The van der Waals surface area contributed by atoms with Crippen molar-refractivity contribution >= 4 is 17.6 Å². The van der Waals surface area contributed by atoms with E-state index in [0.29, 0.717) is 17.4 Å². The average molecular weight is 312 g/mol. The number of aromatic nitrogens is 5. The van der Waals surface area contributed by atoms with Crippen LogP contribution in [0.5, 0.6) is 0 Å². The SMILES string of the molecule is Cc1c(C(=O)OC(C)(C)C)nnn1Cc1ncc(Cl)n1C. The van der Waals surface area contributed by atoms with E-state index in [4.69, 9.17) is 16.3 Å². The van der Waals surface area contributed by atoms with E-state index in [1.165, 1.54) is 0 Å². The van der Waals surface area contributed by atoms with E-state index in [1.807, 2.05) is 7.05 Å². The highest BCUT2D eigenvalue weighted by Crippen LogP contribution is 2.15. The van der Waals surface area contributed by atoms with E-state index in [0.717, 1.165) is 5.82 Å². The van der Waals surface area contributed by atoms with Gasteiger partial charge in [0.1, 0.15) is 23.1 Å². The molecule has 0 bridgehead atoms. The van der Waals surface area contributed by atoms with Gasteiger partial charge in [-0.15, -0.1) is 5.10 Å². The van der Waals surface area contributed by atoms with Crippen molar-refractivity contribution in [3.05, 3.63) is 28.6 Å². The number of imidazole rings is 1. The van der Waals surface area contributed by atoms with Crippen LogP contribution < -0.4 is 0 Å². The summed E-state index contributed by atoms with van der Waals surface area (Å²) in [4.78, 5) is 16.2. The van der Waals surface area contributed by atoms with Gasteiger partial charge in [-0.05, 0) is 27.7 Å². The third kappa shape index (κ3) is 3.41. The molecule has 0 atom stereocenters. The van der Waals surface area contributed by atoms with Gasteiger partial charge in [0.25, 0.3) is 0 Å². The van der Waals surface area contributed by atoms with Crippen molar-refractivity contribution in [3.8, 4) is 0 Å². The predicted molar refractivity (Wildman–Crippen MR) is 77.2 cm³/mol. The first-order valence-electron chi connectivity index (χ1n) is 6.48. The summed E-state index contributed by atoms with van der Waals surface area (Å²) in [6.45, 7) is 7.57. The van der Waals surface area contributed by atoms with Gasteiger partial charge in [-0.3, -0.25) is 0 Å². The van der Waals surface area contributed by atoms with Crippen LogP contribution in [0.25, 0.3) is 0 Å². The molecular weight excluding hydrogens is 294 g/mol. The molecule has 2 aromatic rings. The molecule has 0 spiro atoms. The van der Waals surface area contributed by atoms with Gasteiger partial charge in [0.15, 0.2) is 5.69 Å². The Kier molecular flexibility index (Phi) is 4.04. The smallest absolute Gasteiger partial charge is 0.361 e. The fourth-order valence-electron chi connectivity index (χ4n) is 1.73. The summed E-state index contributed by atoms with van der Waals surface area (Å²) in [7, 11) is 1.81. The number of rotatable bonds is 3. The maximum absolute atomic E-state index is 12.0. The monoisotopic (exact) mass is 311 g/mol. The Hall–Kier alpha value is -1.89. The lowest BCUT2D eigenvalue weighted by Gasteiger charge is -2.18. The lowest BCUT2D eigenvalue weighted by Crippen LogP contribution is -2.24. The Morgan fingerprint density at radius 3 is 2.62 bits per heavy atom. The molecule has 0 N–H and O–H groups in total. The van der Waals surface area contributed by atoms with Gasteiger partial charge in [-0.25, -0.2) is 14.5 Å². The van der Waals surface area contributed by atoms with E-state index in [1.54, 1.807) is 43.1 Å². The Bertz CT molecular complexity index is 669. The summed E-state index contributed by atoms with van der Waals surface area (Å²) < 4.78 is 8.64. The minimum absolute atomic E-state index is 0.213. The largest absolute Gasteiger partial charge is 0.455 e. The number of carbonyl (C=O) groups excluding carboxylic acids is 1. The predicted octanol–water partition coefficient (Wildman–Crippen LogP) is 1.98. The molecule has 0 unspecified atom stereocenters. The molecule has 0 saturated carbocycles. The van der Waals surface area contributed by atoms with Gasteiger partial charge in [0, 0.05) is 7.05 Å². The van der Waals surface area contributed by atoms with Crippen molar-refractivity contribution in [1.82, 2.24) is 24.5 Å². The highest BCUT2D eigenvalue weighted by atomic mass is 35.5. The van der Waals surface area contributed by atoms with Gasteiger partial charge in [-0.1, -0.05) is 16.8 Å². The molecule has 0 aliphatic rings. The lowest BCUT2D eigenvalue weighted by atomic mass is 10.2. The topological polar surface area (TPSA) is 74.8 Å². The van der Waals surface area contributed by atoms with Crippen molar-refractivity contribution in [3.63, 3.8) is 0 Å². The second-order valence-corrected chi connectivity index (χ2v) is 6.13. The Morgan fingerprint density at radius 2 is 2.10 bits per heavy atom. The molecule has 8 heteroatoms. The van der Waals surface area contributed by atoms with Crippen LogP contribution in [0.2, 0.25) is 5.15 Å². The molecule has 7 nitrogen and oxygen atoms in total. The standard InChI is InChI=1S/C13H18ClN5O2/c1-8-11(12(20)21-13(2,3)4)16-17-19(8)7-10-15-6-9(14)18(10)5/h6H,7H2,1-5H3. The van der Waals surface area contributed by atoms with E-state index >= 15 is 0 Å². The quantitative estimate of drug-likeness (QED) is 0.810. The molecule has 2 heterocycles. The van der Waals surface area contributed by atoms with Gasteiger partial charge in [0.2, 0.25) is 0 Å². The normalized spacial score (nSPS) is 11.7. The summed E-state index contributed by atoms with van der Waals surface area (Å²) in [5.41, 5.74) is 0.272. The molecule has 0 aliphatic carbocycles. The van der Waals surface area contributed by atoms with Crippen LogP contribution in [0.15, 0.2) is 6.20 Å². The number of hydrogen-bond donors (Lipinski definition) is 0. The molecular formula is C13H18ClN5O2. The van der Waals surface area contributed by atoms with Crippen LogP contribution in [0.3, 0.4) is 0 Å². The van der Waals surface area contributed by atoms with Gasteiger partial charge in [-0.2, -0.15) is 0 Å². The zero-order chi connectivity index (χ0) is 15.8. The molecule has 114 valence electrons. The Morgan fingerprint density at radius 1 is 1.43 bits per heavy atom. The van der Waals surface area contributed by atoms with Gasteiger partial charge >= 0.3 is 5.97 Å². The number of carbonyl (C=O) groups is 1. The fourth-order valence-corrected chi connectivity index (χ4v) is 1.88. The number of nitrogens with zero attached hydrogens (tertiary/aromatic N) is 5. The summed E-state index contributed by atoms with van der Waals surface area (Å²) in [6.07, 6.45) is 1.57. The van der Waals surface area contributed by atoms with Crippen LogP contribution in [0, 0.1) is 6.92 Å². The van der Waals surface area contributed by atoms with Crippen molar-refractivity contribution in [2.75, 3.05) is 0 Å². The van der Waals surface area contributed by atoms with Gasteiger partial charge in [0.05, 0.1) is 11.9 Å². The average Bonchev–Trinajstić information content (AvgIpc) is 2.86. The summed E-state index contributed by atoms with van der Waals surface area (Å²) >= 11 is 5.94. The van der Waals surface area contributed by atoms with Crippen LogP contribution in [0.4, 0.5) is 0 Å². The molecule has 21 heavy (non-hydrogen) atoms. The summed E-state index contributed by atoms with van der Waals surface area (Å²) in [6, 6.07) is 0. The molecule has 0 radical (unpaired) electrons. The minimum atomic E-state index is -0.569. The Balaban J connectivity index is 2.21. The number of halogens is 1. The van der Waals surface area contributed by atoms with Crippen molar-refractivity contribution in [2.45, 2.75) is 39.8 Å². The van der Waals surface area contributed by atoms with Crippen molar-refractivity contribution < 1.29 is 9.53 Å². The zero-order valence-corrected chi connectivity index (χ0v) is 13.5. The molecule has 2 aromatic heterocycles. The van der Waals surface area contributed by atoms with E-state index in [-0.39, 0.29) is 5.69 Å². The lowest BCUT2D eigenvalue weighted by molar-refractivity contribution is 0.00619. The Labute approximate surface area is 127 Å². The van der Waals surface area contributed by atoms with E-state index in [9.17, 15) is 4.79 Å². The van der Waals surface area contributed by atoms with Crippen LogP contribution in [0.1, 0.15) is 42.8 Å². The number of esters is 1. The maximum Gasteiger partial charge on any atom is 0.361 e. The summed E-state index contributed by atoms with van der Waals surface area (Å²) in [5, 5.41) is 8.42. The molecule has 2 rings (SSSR count). The first kappa shape index (κ1) is 15.5. The van der Waals surface area contributed by atoms with E-state index < -0.39 is 11.6 Å². The maximum atomic E-state index is 12.0. The first-order valence-corrected chi connectivity index (χ1v) is 6.86. The minimum Gasteiger partial charge on any atom is -0.455 e. The fraction of sp³-hybridized carbons (Fsp3) is 0.538. The van der Waals surface area contributed by atoms with Gasteiger partial charge < -0.3 is 9.30 Å². The molecule has 0 fully saturated rings. The first-order chi connectivity index (χ1) is 9.69. The third-order valence-corrected chi connectivity index (χ3v) is 3.24. The number of ether oxygens (including phenoxy) is 1. The molecule has 0 amide bonds.